The van der Waals surface area contributed by atoms with Crippen LogP contribution in [0.3, 0.4) is 0 Å². The predicted octanol–water partition coefficient (Wildman–Crippen LogP) is 4.72. The summed E-state index contributed by atoms with van der Waals surface area (Å²) in [5, 5.41) is 0. The predicted molar refractivity (Wildman–Crippen MR) is 70.3 cm³/mol. The minimum absolute atomic E-state index is 0.964. The van der Waals surface area contributed by atoms with E-state index in [4.69, 9.17) is 0 Å². The molecule has 80 valence electrons. The van der Waals surface area contributed by atoms with E-state index in [1.807, 2.05) is 0 Å². The third-order valence-electron chi connectivity index (χ3n) is 1.79. The van der Waals surface area contributed by atoms with E-state index < -0.39 is 8.07 Å². The van der Waals surface area contributed by atoms with Crippen LogP contribution in [-0.2, 0) is 0 Å². The monoisotopic (exact) mass is 208 g/mol. The molecule has 0 aliphatic heterocycles. The van der Waals surface area contributed by atoms with Crippen molar-refractivity contribution in [1.82, 2.24) is 0 Å². The second-order valence-electron chi connectivity index (χ2n) is 4.62. The van der Waals surface area contributed by atoms with Crippen LogP contribution in [-0.4, -0.2) is 8.07 Å². The number of unbranched alkanes of at least 4 members (excludes halogenated alkanes) is 1. The summed E-state index contributed by atoms with van der Waals surface area (Å²) >= 11 is 0. The first-order chi connectivity index (χ1) is 6.56. The van der Waals surface area contributed by atoms with Gasteiger partial charge in [0.15, 0.2) is 0 Å². The molecule has 0 unspecified atom stereocenters. The summed E-state index contributed by atoms with van der Waals surface area (Å²) < 4.78 is 0. The van der Waals surface area contributed by atoms with Crippen molar-refractivity contribution in [2.75, 3.05) is 0 Å². The Kier molecular flexibility index (Phi) is 7.49. The molecule has 0 bridgehead atoms. The molecule has 0 rings (SSSR count). The van der Waals surface area contributed by atoms with Gasteiger partial charge < -0.3 is 0 Å². The fourth-order valence-corrected chi connectivity index (χ4v) is 1.92. The summed E-state index contributed by atoms with van der Waals surface area (Å²) in [5.74, 6) is 0. The third-order valence-corrected chi connectivity index (χ3v) is 3.03. The van der Waals surface area contributed by atoms with Crippen molar-refractivity contribution < 1.29 is 0 Å². The molecule has 0 aromatic heterocycles. The van der Waals surface area contributed by atoms with Gasteiger partial charge in [0.25, 0.3) is 0 Å². The van der Waals surface area contributed by atoms with E-state index in [1.165, 1.54) is 12.8 Å². The lowest BCUT2D eigenvalue weighted by Crippen LogP contribution is -2.15. The van der Waals surface area contributed by atoms with Crippen LogP contribution in [0.4, 0.5) is 0 Å². The number of hydrogen-bond acceptors (Lipinski definition) is 0. The van der Waals surface area contributed by atoms with Gasteiger partial charge in [-0.2, -0.15) is 0 Å². The molecule has 0 aliphatic carbocycles. The molecule has 0 N–H and O–H groups in total. The average Bonchev–Trinajstić information content (AvgIpc) is 2.08. The Morgan fingerprint density at radius 1 is 0.857 bits per heavy atom. The van der Waals surface area contributed by atoms with Crippen molar-refractivity contribution in [3.8, 4) is 0 Å². The van der Waals surface area contributed by atoms with E-state index in [9.17, 15) is 0 Å². The Hall–Kier alpha value is -0.563. The normalized spacial score (nSPS) is 13.7. The molecule has 0 fully saturated rings. The minimum Gasteiger partial charge on any atom is -0.0986 e. The molecule has 0 atom stereocenters. The van der Waals surface area contributed by atoms with Gasteiger partial charge in [0.05, 0.1) is 8.07 Å². The van der Waals surface area contributed by atoms with Crippen LogP contribution in [0, 0.1) is 0 Å². The van der Waals surface area contributed by atoms with Gasteiger partial charge in [-0.25, -0.2) is 0 Å². The highest BCUT2D eigenvalue weighted by Crippen LogP contribution is 2.03. The Balaban J connectivity index is 3.49. The third kappa shape index (κ3) is 11.4. The summed E-state index contributed by atoms with van der Waals surface area (Å²) in [6.45, 7) is 9.15. The van der Waals surface area contributed by atoms with Crippen LogP contribution in [0.5, 0.6) is 0 Å². The van der Waals surface area contributed by atoms with Crippen LogP contribution < -0.4 is 0 Å². The van der Waals surface area contributed by atoms with Crippen LogP contribution >= 0.6 is 0 Å². The first kappa shape index (κ1) is 13.4. The Labute approximate surface area is 90.4 Å². The maximum absolute atomic E-state index is 2.41. The Bertz CT molecular complexity index is 204. The van der Waals surface area contributed by atoms with E-state index in [2.05, 4.69) is 62.6 Å². The van der Waals surface area contributed by atoms with Crippen molar-refractivity contribution in [3.63, 3.8) is 0 Å². The molecule has 0 aromatic carbocycles. The van der Waals surface area contributed by atoms with Gasteiger partial charge >= 0.3 is 0 Å². The summed E-state index contributed by atoms with van der Waals surface area (Å²) in [4.78, 5) is 0. The summed E-state index contributed by atoms with van der Waals surface area (Å²) in [6.07, 6.45) is 14.6. The topological polar surface area (TPSA) is 0 Å². The van der Waals surface area contributed by atoms with E-state index in [0.29, 0.717) is 0 Å². The average molecular weight is 208 g/mol. The number of hydrogen-bond donors (Lipinski definition) is 0. The molecule has 0 amide bonds. The lowest BCUT2D eigenvalue weighted by atomic mass is 10.2. The van der Waals surface area contributed by atoms with Gasteiger partial charge in [-0.15, -0.1) is 0 Å². The molecular formula is C13H24Si. The van der Waals surface area contributed by atoms with Crippen molar-refractivity contribution in [2.45, 2.75) is 45.8 Å². The highest BCUT2D eigenvalue weighted by atomic mass is 28.3. The lowest BCUT2D eigenvalue weighted by Gasteiger charge is -2.07. The summed E-state index contributed by atoms with van der Waals surface area (Å²) in [7, 11) is -0.964. The van der Waals surface area contributed by atoms with Crippen molar-refractivity contribution in [3.05, 3.63) is 36.1 Å². The van der Waals surface area contributed by atoms with Crippen molar-refractivity contribution in [2.24, 2.45) is 0 Å². The smallest absolute Gasteiger partial charge is 0.0683 e. The molecule has 0 aromatic rings. The Morgan fingerprint density at radius 2 is 1.50 bits per heavy atom. The van der Waals surface area contributed by atoms with Gasteiger partial charge in [-0.3, -0.25) is 0 Å². The maximum atomic E-state index is 2.41. The quantitative estimate of drug-likeness (QED) is 0.336. The maximum Gasteiger partial charge on any atom is 0.0683 e. The largest absolute Gasteiger partial charge is 0.0986 e. The highest BCUT2D eigenvalue weighted by molar-refractivity contribution is 6.80. The van der Waals surface area contributed by atoms with Crippen LogP contribution in [0.15, 0.2) is 36.1 Å². The molecule has 0 spiro atoms. The molecule has 0 nitrogen and oxygen atoms in total. The van der Waals surface area contributed by atoms with E-state index in [1.54, 1.807) is 0 Å². The molecule has 0 aliphatic rings. The molecule has 1 heteroatoms. The van der Waals surface area contributed by atoms with Crippen LogP contribution in [0.25, 0.3) is 0 Å². The van der Waals surface area contributed by atoms with Gasteiger partial charge in [0.1, 0.15) is 0 Å². The zero-order valence-corrected chi connectivity index (χ0v) is 11.1. The second-order valence-corrected chi connectivity index (χ2v) is 9.69. The van der Waals surface area contributed by atoms with Gasteiger partial charge in [-0.1, -0.05) is 55.7 Å². The van der Waals surface area contributed by atoms with Crippen molar-refractivity contribution in [1.29, 1.82) is 0 Å². The lowest BCUT2D eigenvalue weighted by molar-refractivity contribution is 1.04. The van der Waals surface area contributed by atoms with Crippen LogP contribution in [0.2, 0.25) is 19.6 Å². The van der Waals surface area contributed by atoms with Crippen LogP contribution in [0.1, 0.15) is 26.2 Å². The highest BCUT2D eigenvalue weighted by Gasteiger charge is 2.05. The number of rotatable bonds is 6. The molecule has 0 heterocycles. The fraction of sp³-hybridized carbons (Fsp3) is 0.538. The van der Waals surface area contributed by atoms with Gasteiger partial charge in [0.2, 0.25) is 0 Å². The zero-order valence-electron chi connectivity index (χ0n) is 10.1. The first-order valence-electron chi connectivity index (χ1n) is 5.50. The summed E-state index contributed by atoms with van der Waals surface area (Å²) in [6, 6.07) is 0. The van der Waals surface area contributed by atoms with Crippen molar-refractivity contribution >= 4 is 8.07 Å². The Morgan fingerprint density at radius 3 is 2.07 bits per heavy atom. The molecule has 0 radical (unpaired) electrons. The van der Waals surface area contributed by atoms with E-state index in [0.717, 1.165) is 6.42 Å². The first-order valence-corrected chi connectivity index (χ1v) is 9.08. The molecule has 0 saturated carbocycles. The second kappa shape index (κ2) is 7.81. The zero-order chi connectivity index (χ0) is 10.9. The van der Waals surface area contributed by atoms with E-state index >= 15 is 0 Å². The number of allylic oxidation sites excluding steroid dienone is 5. The molecule has 0 saturated heterocycles. The standard InChI is InChI=1S/C13H24Si/c1-5-6-7-8-9-10-11-12-13-14(2,3)4/h5-6,9-10,12-13H,7-8,11H2,1-4H3/b6-5+,10-9+,13-12+. The van der Waals surface area contributed by atoms with Gasteiger partial charge in [0, 0.05) is 0 Å². The summed E-state index contributed by atoms with van der Waals surface area (Å²) in [5.41, 5.74) is 2.41. The minimum atomic E-state index is -0.964. The molecular weight excluding hydrogens is 184 g/mol. The SMILES string of the molecule is C/C=C/CC/C=C/C/C=C/[Si](C)(C)C. The van der Waals surface area contributed by atoms with E-state index in [-0.39, 0.29) is 0 Å². The fourth-order valence-electron chi connectivity index (χ4n) is 1.07. The van der Waals surface area contributed by atoms with Gasteiger partial charge in [-0.05, 0) is 26.2 Å². The molecule has 14 heavy (non-hydrogen) atoms.